The number of fused-ring (bicyclic) bond motifs is 3. The van der Waals surface area contributed by atoms with Crippen LogP contribution in [0.3, 0.4) is 0 Å². The molecule has 1 atom stereocenters. The molecule has 0 amide bonds. The van der Waals surface area contributed by atoms with Gasteiger partial charge in [-0.2, -0.15) is 0 Å². The van der Waals surface area contributed by atoms with Gasteiger partial charge in [0.2, 0.25) is 0 Å². The van der Waals surface area contributed by atoms with E-state index < -0.39 is 0 Å². The van der Waals surface area contributed by atoms with E-state index >= 15 is 0 Å². The van der Waals surface area contributed by atoms with Crippen molar-refractivity contribution in [3.63, 3.8) is 0 Å². The predicted octanol–water partition coefficient (Wildman–Crippen LogP) is 4.06. The summed E-state index contributed by atoms with van der Waals surface area (Å²) < 4.78 is 17.1. The van der Waals surface area contributed by atoms with Crippen LogP contribution in [0.15, 0.2) is 40.8 Å². The number of nitrogens with one attached hydrogen (secondary N) is 2. The lowest BCUT2D eigenvalue weighted by Gasteiger charge is -2.15. The zero-order valence-corrected chi connectivity index (χ0v) is 14.8. The molecule has 1 aromatic heterocycles. The number of hydrogen-bond donors (Lipinski definition) is 2. The fourth-order valence-corrected chi connectivity index (χ4v) is 3.39. The number of thiocarbonyl (C=S) groups is 1. The van der Waals surface area contributed by atoms with E-state index in [1.165, 1.54) is 0 Å². The highest BCUT2D eigenvalue weighted by Gasteiger charge is 2.16. The molecule has 2 N–H and O–H groups in total. The van der Waals surface area contributed by atoms with Crippen LogP contribution in [0, 0.1) is 0 Å². The summed E-state index contributed by atoms with van der Waals surface area (Å²) in [4.78, 5) is 0. The van der Waals surface area contributed by atoms with E-state index in [0.717, 1.165) is 52.8 Å². The van der Waals surface area contributed by atoms with Gasteiger partial charge in [0.15, 0.2) is 5.11 Å². The molecule has 0 aliphatic carbocycles. The van der Waals surface area contributed by atoms with Crippen molar-refractivity contribution in [1.29, 1.82) is 0 Å². The van der Waals surface area contributed by atoms with Crippen LogP contribution < -0.4 is 15.4 Å². The average molecular weight is 356 g/mol. The van der Waals surface area contributed by atoms with Crippen molar-refractivity contribution in [1.82, 2.24) is 5.32 Å². The quantitative estimate of drug-likeness (QED) is 0.688. The second-order valence-corrected chi connectivity index (χ2v) is 6.53. The van der Waals surface area contributed by atoms with Gasteiger partial charge in [0.25, 0.3) is 0 Å². The van der Waals surface area contributed by atoms with Gasteiger partial charge in [-0.15, -0.1) is 0 Å². The Kier molecular flexibility index (Phi) is 4.46. The topological polar surface area (TPSA) is 55.7 Å². The molecule has 1 unspecified atom stereocenters. The molecule has 2 aromatic carbocycles. The molecule has 0 saturated carbocycles. The smallest absolute Gasteiger partial charge is 0.170 e. The molecular weight excluding hydrogens is 336 g/mol. The highest BCUT2D eigenvalue weighted by molar-refractivity contribution is 7.80. The number of hydrogen-bond acceptors (Lipinski definition) is 4. The van der Waals surface area contributed by atoms with Gasteiger partial charge in [0.05, 0.1) is 18.9 Å². The lowest BCUT2D eigenvalue weighted by atomic mass is 10.1. The third-order valence-electron chi connectivity index (χ3n) is 4.46. The molecule has 1 saturated heterocycles. The van der Waals surface area contributed by atoms with E-state index in [1.807, 2.05) is 36.4 Å². The van der Waals surface area contributed by atoms with Crippen molar-refractivity contribution < 1.29 is 13.9 Å². The van der Waals surface area contributed by atoms with Crippen molar-refractivity contribution in [3.05, 3.63) is 36.4 Å². The fourth-order valence-electron chi connectivity index (χ4n) is 3.20. The van der Waals surface area contributed by atoms with Crippen molar-refractivity contribution in [3.8, 4) is 5.75 Å². The number of rotatable bonds is 4. The molecule has 25 heavy (non-hydrogen) atoms. The first kappa shape index (κ1) is 16.2. The molecule has 130 valence electrons. The Hall–Kier alpha value is -2.31. The number of para-hydroxylation sites is 1. The Bertz CT molecular complexity index is 916. The van der Waals surface area contributed by atoms with Crippen LogP contribution >= 0.6 is 12.2 Å². The molecule has 4 rings (SSSR count). The van der Waals surface area contributed by atoms with Gasteiger partial charge in [-0.25, -0.2) is 0 Å². The van der Waals surface area contributed by atoms with Gasteiger partial charge in [0.1, 0.15) is 16.9 Å². The standard InChI is InChI=1S/C19H20N2O3S/c1-22-18-9-14-13-6-2-3-7-16(13)24-17(14)10-15(18)21-19(25)20-11-12-5-4-8-23-12/h2-3,6-7,9-10,12H,4-5,8,11H2,1H3,(H2,20,21,25). The van der Waals surface area contributed by atoms with Gasteiger partial charge in [0, 0.05) is 30.0 Å². The van der Waals surface area contributed by atoms with E-state index in [9.17, 15) is 0 Å². The second-order valence-electron chi connectivity index (χ2n) is 6.12. The largest absolute Gasteiger partial charge is 0.495 e. The van der Waals surface area contributed by atoms with E-state index in [-0.39, 0.29) is 6.10 Å². The predicted molar refractivity (Wildman–Crippen MR) is 103 cm³/mol. The van der Waals surface area contributed by atoms with Crippen molar-refractivity contribution in [2.24, 2.45) is 0 Å². The first-order valence-electron chi connectivity index (χ1n) is 8.40. The summed E-state index contributed by atoms with van der Waals surface area (Å²) in [7, 11) is 1.65. The number of benzene rings is 2. The number of anilines is 1. The molecule has 0 bridgehead atoms. The van der Waals surface area contributed by atoms with E-state index in [1.54, 1.807) is 7.11 Å². The second kappa shape index (κ2) is 6.90. The third kappa shape index (κ3) is 3.27. The van der Waals surface area contributed by atoms with Gasteiger partial charge < -0.3 is 24.5 Å². The van der Waals surface area contributed by atoms with Crippen LogP contribution in [0.1, 0.15) is 12.8 Å². The zero-order valence-electron chi connectivity index (χ0n) is 14.0. The molecule has 5 nitrogen and oxygen atoms in total. The molecule has 0 radical (unpaired) electrons. The van der Waals surface area contributed by atoms with Gasteiger partial charge in [-0.3, -0.25) is 0 Å². The number of methoxy groups -OCH3 is 1. The Balaban J connectivity index is 1.57. The Morgan fingerprint density at radius 1 is 1.24 bits per heavy atom. The first-order valence-corrected chi connectivity index (χ1v) is 8.81. The number of ether oxygens (including phenoxy) is 2. The van der Waals surface area contributed by atoms with Crippen LogP contribution in [0.5, 0.6) is 5.75 Å². The summed E-state index contributed by atoms with van der Waals surface area (Å²) >= 11 is 5.40. The monoisotopic (exact) mass is 356 g/mol. The lowest BCUT2D eigenvalue weighted by Crippen LogP contribution is -2.34. The molecule has 3 aromatic rings. The van der Waals surface area contributed by atoms with Crippen molar-refractivity contribution in [2.45, 2.75) is 18.9 Å². The average Bonchev–Trinajstić information content (AvgIpc) is 3.26. The summed E-state index contributed by atoms with van der Waals surface area (Å²) in [6.45, 7) is 1.55. The van der Waals surface area contributed by atoms with Crippen LogP contribution in [-0.4, -0.2) is 31.5 Å². The van der Waals surface area contributed by atoms with Gasteiger partial charge in [-0.1, -0.05) is 18.2 Å². The SMILES string of the molecule is COc1cc2c(cc1NC(=S)NCC1CCCO1)oc1ccccc12. The fraction of sp³-hybridized carbons (Fsp3) is 0.316. The maximum atomic E-state index is 5.94. The first-order chi connectivity index (χ1) is 12.2. The molecule has 6 heteroatoms. The Labute approximate surface area is 151 Å². The summed E-state index contributed by atoms with van der Waals surface area (Å²) in [5, 5.41) is 9.05. The zero-order chi connectivity index (χ0) is 17.2. The highest BCUT2D eigenvalue weighted by atomic mass is 32.1. The van der Waals surface area contributed by atoms with Crippen LogP contribution in [0.25, 0.3) is 21.9 Å². The molecule has 1 fully saturated rings. The lowest BCUT2D eigenvalue weighted by molar-refractivity contribution is 0.114. The molecule has 1 aliphatic rings. The maximum Gasteiger partial charge on any atom is 0.170 e. The normalized spacial score (nSPS) is 17.1. The molecule has 1 aliphatic heterocycles. The minimum atomic E-state index is 0.236. The molecule has 2 heterocycles. The van der Waals surface area contributed by atoms with Crippen molar-refractivity contribution >= 4 is 45.0 Å². The summed E-state index contributed by atoms with van der Waals surface area (Å²) in [5.41, 5.74) is 2.43. The van der Waals surface area contributed by atoms with Gasteiger partial charge >= 0.3 is 0 Å². The minimum Gasteiger partial charge on any atom is -0.495 e. The molecule has 0 spiro atoms. The van der Waals surface area contributed by atoms with Crippen LogP contribution in [0.2, 0.25) is 0 Å². The highest BCUT2D eigenvalue weighted by Crippen LogP contribution is 2.36. The Morgan fingerprint density at radius 2 is 2.12 bits per heavy atom. The Morgan fingerprint density at radius 3 is 2.92 bits per heavy atom. The van der Waals surface area contributed by atoms with Crippen LogP contribution in [0.4, 0.5) is 5.69 Å². The third-order valence-corrected chi connectivity index (χ3v) is 4.71. The van der Waals surface area contributed by atoms with E-state index in [4.69, 9.17) is 26.1 Å². The minimum absolute atomic E-state index is 0.236. The summed E-state index contributed by atoms with van der Waals surface area (Å²) in [5.74, 6) is 0.723. The summed E-state index contributed by atoms with van der Waals surface area (Å²) in [6.07, 6.45) is 2.42. The van der Waals surface area contributed by atoms with Crippen LogP contribution in [-0.2, 0) is 4.74 Å². The molecular formula is C19H20N2O3S. The van der Waals surface area contributed by atoms with E-state index in [2.05, 4.69) is 10.6 Å². The maximum absolute atomic E-state index is 5.94. The summed E-state index contributed by atoms with van der Waals surface area (Å²) in [6, 6.07) is 11.9. The van der Waals surface area contributed by atoms with Gasteiger partial charge in [-0.05, 0) is 37.2 Å². The van der Waals surface area contributed by atoms with Crippen molar-refractivity contribution in [2.75, 3.05) is 25.6 Å². The van der Waals surface area contributed by atoms with E-state index in [0.29, 0.717) is 11.7 Å². The number of furan rings is 1.